The van der Waals surface area contributed by atoms with Crippen LogP contribution in [0.25, 0.3) is 0 Å². The molecule has 0 aromatic carbocycles. The molecular formula is C9H17LiO. The topological polar surface area (TPSA) is 23.1 Å². The number of hydrogen-bond acceptors (Lipinski definition) is 1. The van der Waals surface area contributed by atoms with E-state index in [4.69, 9.17) is 0 Å². The fraction of sp³-hybridized carbons (Fsp3) is 1.00. The van der Waals surface area contributed by atoms with Crippen molar-refractivity contribution in [3.63, 3.8) is 0 Å². The molecule has 1 aliphatic carbocycles. The summed E-state index contributed by atoms with van der Waals surface area (Å²) in [5.74, 6) is 0.579. The van der Waals surface area contributed by atoms with Crippen LogP contribution in [0.4, 0.5) is 0 Å². The molecule has 0 N–H and O–H groups in total. The monoisotopic (exact) mass is 148 g/mol. The first-order valence-corrected chi connectivity index (χ1v) is 4.33. The predicted octanol–water partition coefficient (Wildman–Crippen LogP) is -1.29. The average molecular weight is 148 g/mol. The summed E-state index contributed by atoms with van der Waals surface area (Å²) in [6, 6.07) is 0. The molecule has 0 aromatic rings. The summed E-state index contributed by atoms with van der Waals surface area (Å²) in [7, 11) is 0. The van der Waals surface area contributed by atoms with Crippen LogP contribution in [-0.4, -0.2) is 5.60 Å². The van der Waals surface area contributed by atoms with Crippen LogP contribution in [0.5, 0.6) is 0 Å². The summed E-state index contributed by atoms with van der Waals surface area (Å²) in [5, 5.41) is 11.7. The SMILES string of the molecule is CC(C)CC1([O-])CCCC1.[Li+]. The normalized spacial score (nSPS) is 21.8. The van der Waals surface area contributed by atoms with Crippen LogP contribution in [0.1, 0.15) is 46.0 Å². The molecule has 1 saturated carbocycles. The largest absolute Gasteiger partial charge is 1.00 e. The molecule has 1 fully saturated rings. The first-order valence-electron chi connectivity index (χ1n) is 4.33. The van der Waals surface area contributed by atoms with E-state index in [1.165, 1.54) is 0 Å². The molecule has 11 heavy (non-hydrogen) atoms. The number of hydrogen-bond donors (Lipinski definition) is 0. The maximum atomic E-state index is 11.7. The van der Waals surface area contributed by atoms with Gasteiger partial charge in [-0.05, 0) is 5.92 Å². The Kier molecular flexibility index (Phi) is 4.78. The molecule has 1 rings (SSSR count). The summed E-state index contributed by atoms with van der Waals surface area (Å²) in [6.45, 7) is 4.27. The molecule has 0 aromatic heterocycles. The fourth-order valence-corrected chi connectivity index (χ4v) is 1.97. The van der Waals surface area contributed by atoms with Crippen LogP contribution in [-0.2, 0) is 0 Å². The molecule has 0 saturated heterocycles. The molecule has 0 atom stereocenters. The zero-order valence-electron chi connectivity index (χ0n) is 8.02. The second kappa shape index (κ2) is 4.55. The van der Waals surface area contributed by atoms with E-state index in [2.05, 4.69) is 13.8 Å². The van der Waals surface area contributed by atoms with Gasteiger partial charge in [-0.25, -0.2) is 0 Å². The zero-order valence-corrected chi connectivity index (χ0v) is 8.02. The smallest absolute Gasteiger partial charge is 0.849 e. The third-order valence-electron chi connectivity index (χ3n) is 2.30. The van der Waals surface area contributed by atoms with Gasteiger partial charge in [-0.3, -0.25) is 0 Å². The summed E-state index contributed by atoms with van der Waals surface area (Å²) >= 11 is 0. The van der Waals surface area contributed by atoms with Crippen molar-refractivity contribution < 1.29 is 24.0 Å². The van der Waals surface area contributed by atoms with E-state index in [0.29, 0.717) is 5.92 Å². The summed E-state index contributed by atoms with van der Waals surface area (Å²) in [6.07, 6.45) is 5.05. The van der Waals surface area contributed by atoms with Gasteiger partial charge < -0.3 is 5.11 Å². The Morgan fingerprint density at radius 3 is 2.09 bits per heavy atom. The van der Waals surface area contributed by atoms with Crippen molar-refractivity contribution >= 4 is 0 Å². The van der Waals surface area contributed by atoms with Gasteiger partial charge in [0.15, 0.2) is 0 Å². The van der Waals surface area contributed by atoms with Crippen molar-refractivity contribution in [1.82, 2.24) is 0 Å². The molecule has 0 unspecified atom stereocenters. The molecule has 0 spiro atoms. The van der Waals surface area contributed by atoms with E-state index >= 15 is 0 Å². The van der Waals surface area contributed by atoms with E-state index in [9.17, 15) is 5.11 Å². The third kappa shape index (κ3) is 3.65. The van der Waals surface area contributed by atoms with Crippen molar-refractivity contribution in [2.45, 2.75) is 51.6 Å². The van der Waals surface area contributed by atoms with Gasteiger partial charge >= 0.3 is 18.9 Å². The summed E-state index contributed by atoms with van der Waals surface area (Å²) in [5.41, 5.74) is -0.534. The molecule has 0 bridgehead atoms. The second-order valence-corrected chi connectivity index (χ2v) is 3.99. The van der Waals surface area contributed by atoms with Crippen LogP contribution in [0.3, 0.4) is 0 Å². The van der Waals surface area contributed by atoms with Crippen molar-refractivity contribution in [2.75, 3.05) is 0 Å². The second-order valence-electron chi connectivity index (χ2n) is 3.99. The molecule has 2 heteroatoms. The van der Waals surface area contributed by atoms with E-state index in [1.807, 2.05) is 0 Å². The predicted molar refractivity (Wildman–Crippen MR) is 40.7 cm³/mol. The van der Waals surface area contributed by atoms with Gasteiger partial charge in [-0.1, -0.05) is 46.0 Å². The molecule has 0 heterocycles. The fourth-order valence-electron chi connectivity index (χ4n) is 1.97. The minimum atomic E-state index is -0.534. The first-order chi connectivity index (χ1) is 4.62. The van der Waals surface area contributed by atoms with E-state index in [-0.39, 0.29) is 18.9 Å². The maximum absolute atomic E-state index is 11.7. The van der Waals surface area contributed by atoms with Crippen molar-refractivity contribution in [2.24, 2.45) is 5.92 Å². The quantitative estimate of drug-likeness (QED) is 0.447. The van der Waals surface area contributed by atoms with Gasteiger partial charge in [0.2, 0.25) is 0 Å². The van der Waals surface area contributed by atoms with Crippen molar-refractivity contribution in [3.05, 3.63) is 0 Å². The Bertz CT molecular complexity index is 106. The van der Waals surface area contributed by atoms with E-state index in [0.717, 1.165) is 32.1 Å². The third-order valence-corrected chi connectivity index (χ3v) is 2.30. The number of rotatable bonds is 2. The van der Waals surface area contributed by atoms with Gasteiger partial charge in [0, 0.05) is 0 Å². The Labute approximate surface area is 81.7 Å². The van der Waals surface area contributed by atoms with E-state index < -0.39 is 5.60 Å². The molecule has 60 valence electrons. The minimum absolute atomic E-state index is 0. The molecule has 1 aliphatic rings. The van der Waals surface area contributed by atoms with Crippen molar-refractivity contribution in [1.29, 1.82) is 0 Å². The summed E-state index contributed by atoms with van der Waals surface area (Å²) in [4.78, 5) is 0. The molecular weight excluding hydrogens is 131 g/mol. The van der Waals surface area contributed by atoms with E-state index in [1.54, 1.807) is 0 Å². The standard InChI is InChI=1S/C9H17O.Li/c1-8(2)7-9(10)5-3-4-6-9;/h8H,3-7H2,1-2H3;/q-1;+1. The molecule has 0 aliphatic heterocycles. The van der Waals surface area contributed by atoms with Gasteiger partial charge in [-0.15, -0.1) is 5.60 Å². The van der Waals surface area contributed by atoms with Crippen molar-refractivity contribution in [3.8, 4) is 0 Å². The van der Waals surface area contributed by atoms with Gasteiger partial charge in [0.1, 0.15) is 0 Å². The Balaban J connectivity index is 0.000001000. The van der Waals surface area contributed by atoms with Gasteiger partial charge in [0.25, 0.3) is 0 Å². The van der Waals surface area contributed by atoms with Crippen LogP contribution < -0.4 is 24.0 Å². The zero-order chi connectivity index (χ0) is 7.61. The van der Waals surface area contributed by atoms with Crippen LogP contribution in [0, 0.1) is 5.92 Å². The molecule has 0 amide bonds. The van der Waals surface area contributed by atoms with Gasteiger partial charge in [0.05, 0.1) is 0 Å². The Hall–Kier alpha value is 0.557. The molecule has 0 radical (unpaired) electrons. The van der Waals surface area contributed by atoms with Gasteiger partial charge in [-0.2, -0.15) is 0 Å². The minimum Gasteiger partial charge on any atom is -0.849 e. The summed E-state index contributed by atoms with van der Waals surface area (Å²) < 4.78 is 0. The van der Waals surface area contributed by atoms with Crippen LogP contribution >= 0.6 is 0 Å². The Morgan fingerprint density at radius 2 is 1.73 bits per heavy atom. The first kappa shape index (κ1) is 11.6. The molecule has 1 nitrogen and oxygen atoms in total. The Morgan fingerprint density at radius 1 is 1.27 bits per heavy atom. The van der Waals surface area contributed by atoms with Crippen LogP contribution in [0.15, 0.2) is 0 Å². The average Bonchev–Trinajstić information content (AvgIpc) is 2.12. The van der Waals surface area contributed by atoms with Crippen LogP contribution in [0.2, 0.25) is 0 Å². The maximum Gasteiger partial charge on any atom is 1.00 e.